The van der Waals surface area contributed by atoms with Crippen LogP contribution in [0, 0.1) is 0 Å². The smallest absolute Gasteiger partial charge is 0.411 e. The molecule has 0 saturated heterocycles. The summed E-state index contributed by atoms with van der Waals surface area (Å²) >= 11 is 1.04. The number of nitrogens with zero attached hydrogens (tertiary/aromatic N) is 3. The Bertz CT molecular complexity index is 984. The third-order valence-corrected chi connectivity index (χ3v) is 4.15. The van der Waals surface area contributed by atoms with Crippen LogP contribution < -0.4 is 14.8 Å². The van der Waals surface area contributed by atoms with Crippen molar-refractivity contribution < 1.29 is 27.5 Å². The van der Waals surface area contributed by atoms with E-state index in [4.69, 9.17) is 4.42 Å². The highest BCUT2D eigenvalue weighted by atomic mass is 32.2. The first-order valence-corrected chi connectivity index (χ1v) is 8.53. The van der Waals surface area contributed by atoms with Crippen molar-refractivity contribution in [2.75, 3.05) is 11.1 Å². The zero-order chi connectivity index (χ0) is 18.9. The van der Waals surface area contributed by atoms with Gasteiger partial charge in [0.05, 0.1) is 11.3 Å². The molecule has 1 aliphatic heterocycles. The first-order valence-electron chi connectivity index (χ1n) is 7.55. The van der Waals surface area contributed by atoms with Crippen LogP contribution in [0.3, 0.4) is 0 Å². The lowest BCUT2D eigenvalue weighted by atomic mass is 10.3. The predicted octanol–water partition coefficient (Wildman–Crippen LogP) is 3.18. The summed E-state index contributed by atoms with van der Waals surface area (Å²) in [5.74, 6) is -0.349. The molecule has 8 nitrogen and oxygen atoms in total. The number of halogens is 2. The number of ether oxygens (including phenoxy) is 2. The first kappa shape index (κ1) is 17.2. The Kier molecular flexibility index (Phi) is 4.36. The molecule has 1 amide bonds. The Hall–Kier alpha value is -3.21. The van der Waals surface area contributed by atoms with Gasteiger partial charge >= 0.3 is 6.29 Å². The van der Waals surface area contributed by atoms with Crippen LogP contribution in [0.5, 0.6) is 11.5 Å². The number of hydrogen-bond donors (Lipinski definition) is 1. The third-order valence-electron chi connectivity index (χ3n) is 3.33. The number of thioether (sulfide) groups is 1. The van der Waals surface area contributed by atoms with E-state index in [9.17, 15) is 13.6 Å². The number of fused-ring (bicyclic) bond motifs is 1. The molecule has 0 atom stereocenters. The minimum Gasteiger partial charge on any atom is -0.411 e. The van der Waals surface area contributed by atoms with Gasteiger partial charge in [-0.2, -0.15) is 0 Å². The van der Waals surface area contributed by atoms with Crippen LogP contribution in [0.15, 0.2) is 52.4 Å². The third kappa shape index (κ3) is 3.97. The molecule has 3 heterocycles. The molecular formula is C16H10F2N4O4S. The molecule has 0 radical (unpaired) electrons. The molecule has 0 spiro atoms. The summed E-state index contributed by atoms with van der Waals surface area (Å²) in [7, 11) is 0. The number of anilines is 1. The standard InChI is InChI=1S/C16H10F2N4O4S/c17-16(18)25-11-4-3-10(6-12(11)26-16)20-13(23)8-27-15-22-21-14(24-15)9-2-1-5-19-7-9/h1-7H,8H2,(H,20,23). The van der Waals surface area contributed by atoms with E-state index in [1.807, 2.05) is 0 Å². The van der Waals surface area contributed by atoms with E-state index in [1.54, 1.807) is 24.5 Å². The van der Waals surface area contributed by atoms with Crippen molar-refractivity contribution in [1.29, 1.82) is 0 Å². The summed E-state index contributed by atoms with van der Waals surface area (Å²) in [4.78, 5) is 16.0. The van der Waals surface area contributed by atoms with Crippen LogP contribution in [0.25, 0.3) is 11.5 Å². The van der Waals surface area contributed by atoms with Crippen LogP contribution in [-0.2, 0) is 4.79 Å². The molecule has 0 saturated carbocycles. The van der Waals surface area contributed by atoms with Gasteiger partial charge in [0, 0.05) is 24.1 Å². The molecule has 4 rings (SSSR count). The molecule has 3 aromatic rings. The zero-order valence-electron chi connectivity index (χ0n) is 13.4. The number of rotatable bonds is 5. The minimum atomic E-state index is -3.70. The van der Waals surface area contributed by atoms with Gasteiger partial charge in [-0.25, -0.2) is 0 Å². The van der Waals surface area contributed by atoms with Gasteiger partial charge in [0.15, 0.2) is 11.5 Å². The van der Waals surface area contributed by atoms with Gasteiger partial charge in [0.2, 0.25) is 11.8 Å². The van der Waals surface area contributed by atoms with E-state index in [0.717, 1.165) is 11.8 Å². The topological polar surface area (TPSA) is 99.4 Å². The van der Waals surface area contributed by atoms with Crippen molar-refractivity contribution in [2.45, 2.75) is 11.5 Å². The fourth-order valence-electron chi connectivity index (χ4n) is 2.23. The number of amides is 1. The lowest BCUT2D eigenvalue weighted by Gasteiger charge is -2.05. The molecule has 11 heteroatoms. The number of pyridine rings is 1. The lowest BCUT2D eigenvalue weighted by molar-refractivity contribution is -0.286. The summed E-state index contributed by atoms with van der Waals surface area (Å²) in [6.45, 7) is 0. The van der Waals surface area contributed by atoms with Crippen LogP contribution in [-0.4, -0.2) is 33.1 Å². The Morgan fingerprint density at radius 3 is 2.85 bits per heavy atom. The minimum absolute atomic E-state index is 0.0146. The Balaban J connectivity index is 1.34. The van der Waals surface area contributed by atoms with Crippen molar-refractivity contribution in [1.82, 2.24) is 15.2 Å². The largest absolute Gasteiger partial charge is 0.586 e. The summed E-state index contributed by atoms with van der Waals surface area (Å²) in [5, 5.41) is 10.5. The molecule has 0 fully saturated rings. The number of carbonyl (C=O) groups excluding carboxylic acids is 1. The van der Waals surface area contributed by atoms with Gasteiger partial charge in [-0.15, -0.1) is 19.0 Å². The number of alkyl halides is 2. The maximum absolute atomic E-state index is 13.0. The number of benzene rings is 1. The fraction of sp³-hybridized carbons (Fsp3) is 0.125. The molecule has 1 aliphatic rings. The predicted molar refractivity (Wildman–Crippen MR) is 89.5 cm³/mol. The van der Waals surface area contributed by atoms with Crippen LogP contribution >= 0.6 is 11.8 Å². The van der Waals surface area contributed by atoms with Crippen molar-refractivity contribution in [2.24, 2.45) is 0 Å². The van der Waals surface area contributed by atoms with E-state index >= 15 is 0 Å². The highest BCUT2D eigenvalue weighted by molar-refractivity contribution is 7.99. The maximum Gasteiger partial charge on any atom is 0.586 e. The average molecular weight is 392 g/mol. The molecule has 2 aromatic heterocycles. The average Bonchev–Trinajstić information content (AvgIpc) is 3.23. The van der Waals surface area contributed by atoms with Gasteiger partial charge < -0.3 is 19.2 Å². The lowest BCUT2D eigenvalue weighted by Crippen LogP contribution is -2.25. The number of hydrogen-bond acceptors (Lipinski definition) is 8. The second-order valence-corrected chi connectivity index (χ2v) is 6.21. The summed E-state index contributed by atoms with van der Waals surface area (Å²) < 4.78 is 40.1. The van der Waals surface area contributed by atoms with Crippen LogP contribution in [0.4, 0.5) is 14.5 Å². The quantitative estimate of drug-likeness (QED) is 0.661. The molecule has 27 heavy (non-hydrogen) atoms. The number of carbonyl (C=O) groups is 1. The van der Waals surface area contributed by atoms with Gasteiger partial charge in [-0.05, 0) is 24.3 Å². The highest BCUT2D eigenvalue weighted by Crippen LogP contribution is 2.42. The number of aromatic nitrogens is 3. The van der Waals surface area contributed by atoms with E-state index in [1.165, 1.54) is 18.2 Å². The SMILES string of the molecule is O=C(CSc1nnc(-c2cccnc2)o1)Nc1ccc2c(c1)OC(F)(F)O2. The van der Waals surface area contributed by atoms with Gasteiger partial charge in [-0.3, -0.25) is 9.78 Å². The van der Waals surface area contributed by atoms with E-state index in [-0.39, 0.29) is 28.4 Å². The second-order valence-electron chi connectivity index (χ2n) is 5.28. The van der Waals surface area contributed by atoms with Gasteiger partial charge in [0.1, 0.15) is 0 Å². The molecule has 0 unspecified atom stereocenters. The molecule has 1 N–H and O–H groups in total. The molecule has 0 bridgehead atoms. The summed E-state index contributed by atoms with van der Waals surface area (Å²) in [6.07, 6.45) is -0.500. The van der Waals surface area contributed by atoms with E-state index < -0.39 is 6.29 Å². The Labute approximate surface area is 154 Å². The van der Waals surface area contributed by atoms with E-state index in [0.29, 0.717) is 17.1 Å². The second kappa shape index (κ2) is 6.83. The van der Waals surface area contributed by atoms with Crippen LogP contribution in [0.2, 0.25) is 0 Å². The molecular weight excluding hydrogens is 382 g/mol. The highest BCUT2D eigenvalue weighted by Gasteiger charge is 2.43. The molecule has 1 aromatic carbocycles. The van der Waals surface area contributed by atoms with E-state index in [2.05, 4.69) is 30.0 Å². The zero-order valence-corrected chi connectivity index (χ0v) is 14.2. The summed E-state index contributed by atoms with van der Waals surface area (Å²) in [5.41, 5.74) is 0.959. The number of nitrogens with one attached hydrogen (secondary N) is 1. The summed E-state index contributed by atoms with van der Waals surface area (Å²) in [6, 6.07) is 7.48. The van der Waals surface area contributed by atoms with Crippen LogP contribution in [0.1, 0.15) is 0 Å². The van der Waals surface area contributed by atoms with Crippen molar-refractivity contribution in [3.8, 4) is 23.0 Å². The van der Waals surface area contributed by atoms with Gasteiger partial charge in [0.25, 0.3) is 5.22 Å². The normalized spacial score (nSPS) is 14.1. The maximum atomic E-state index is 13.0. The fourth-order valence-corrected chi connectivity index (χ4v) is 2.79. The molecule has 138 valence electrons. The van der Waals surface area contributed by atoms with Gasteiger partial charge in [-0.1, -0.05) is 11.8 Å². The monoisotopic (exact) mass is 392 g/mol. The van der Waals surface area contributed by atoms with Crippen molar-refractivity contribution in [3.63, 3.8) is 0 Å². The Morgan fingerprint density at radius 2 is 2.04 bits per heavy atom. The van der Waals surface area contributed by atoms with Crippen molar-refractivity contribution in [3.05, 3.63) is 42.7 Å². The Morgan fingerprint density at radius 1 is 1.19 bits per heavy atom. The molecule has 0 aliphatic carbocycles. The first-order chi connectivity index (χ1) is 13.0. The van der Waals surface area contributed by atoms with Crippen molar-refractivity contribution >= 4 is 23.4 Å².